The highest BCUT2D eigenvalue weighted by Crippen LogP contribution is 2.18. The van der Waals surface area contributed by atoms with Crippen LogP contribution in [-0.2, 0) is 13.6 Å². The second-order valence-corrected chi connectivity index (χ2v) is 5.20. The Kier molecular flexibility index (Phi) is 3.90. The number of hydrogen-bond acceptors (Lipinski definition) is 3. The van der Waals surface area contributed by atoms with Crippen LogP contribution < -0.4 is 11.1 Å². The van der Waals surface area contributed by atoms with Crippen molar-refractivity contribution in [3.05, 3.63) is 45.6 Å². The molecule has 3 N–H and O–H groups in total. The summed E-state index contributed by atoms with van der Waals surface area (Å²) >= 11 is 3.37. The SMILES string of the molecule is Cc1ccc(Br)c(C(=O)NCc2cnn(C)c2N)c1. The Labute approximate surface area is 119 Å². The van der Waals surface area contributed by atoms with Crippen molar-refractivity contribution in [3.8, 4) is 0 Å². The van der Waals surface area contributed by atoms with E-state index in [1.165, 1.54) is 0 Å². The first-order valence-corrected chi connectivity index (χ1v) is 6.59. The summed E-state index contributed by atoms with van der Waals surface area (Å²) in [4.78, 5) is 12.1. The maximum Gasteiger partial charge on any atom is 0.252 e. The number of aryl methyl sites for hydroxylation is 2. The van der Waals surface area contributed by atoms with Gasteiger partial charge in [-0.25, -0.2) is 0 Å². The van der Waals surface area contributed by atoms with Gasteiger partial charge in [0.25, 0.3) is 5.91 Å². The van der Waals surface area contributed by atoms with E-state index in [9.17, 15) is 4.79 Å². The zero-order chi connectivity index (χ0) is 14.0. The molecular weight excluding hydrogens is 308 g/mol. The maximum absolute atomic E-state index is 12.1. The number of carbonyl (C=O) groups is 1. The molecule has 0 bridgehead atoms. The lowest BCUT2D eigenvalue weighted by Crippen LogP contribution is -2.23. The van der Waals surface area contributed by atoms with Gasteiger partial charge in [-0.05, 0) is 35.0 Å². The molecule has 2 aromatic rings. The van der Waals surface area contributed by atoms with E-state index < -0.39 is 0 Å². The Balaban J connectivity index is 2.09. The lowest BCUT2D eigenvalue weighted by atomic mass is 10.1. The monoisotopic (exact) mass is 322 g/mol. The highest BCUT2D eigenvalue weighted by atomic mass is 79.9. The van der Waals surface area contributed by atoms with E-state index in [1.54, 1.807) is 17.9 Å². The molecule has 100 valence electrons. The van der Waals surface area contributed by atoms with Gasteiger partial charge in [0.05, 0.1) is 11.8 Å². The Hall–Kier alpha value is -1.82. The lowest BCUT2D eigenvalue weighted by molar-refractivity contribution is 0.0950. The topological polar surface area (TPSA) is 72.9 Å². The molecule has 5 nitrogen and oxygen atoms in total. The number of aromatic nitrogens is 2. The number of anilines is 1. The first kappa shape index (κ1) is 13.6. The number of halogens is 1. The summed E-state index contributed by atoms with van der Waals surface area (Å²) in [6.45, 7) is 2.31. The summed E-state index contributed by atoms with van der Waals surface area (Å²) in [6.07, 6.45) is 1.65. The first-order chi connectivity index (χ1) is 8.99. The molecule has 0 aliphatic carbocycles. The van der Waals surface area contributed by atoms with Crippen LogP contribution in [0.4, 0.5) is 5.82 Å². The van der Waals surface area contributed by atoms with Crippen LogP contribution >= 0.6 is 15.9 Å². The fourth-order valence-corrected chi connectivity index (χ4v) is 2.14. The van der Waals surface area contributed by atoms with Crippen LogP contribution in [-0.4, -0.2) is 15.7 Å². The Morgan fingerprint density at radius 1 is 1.53 bits per heavy atom. The van der Waals surface area contributed by atoms with Gasteiger partial charge in [-0.15, -0.1) is 0 Å². The molecule has 0 atom stereocenters. The zero-order valence-corrected chi connectivity index (χ0v) is 12.4. The quantitative estimate of drug-likeness (QED) is 0.907. The summed E-state index contributed by atoms with van der Waals surface area (Å²) in [7, 11) is 1.76. The minimum absolute atomic E-state index is 0.140. The fourth-order valence-electron chi connectivity index (χ4n) is 1.71. The van der Waals surface area contributed by atoms with Gasteiger partial charge in [0.15, 0.2) is 0 Å². The van der Waals surface area contributed by atoms with Gasteiger partial charge in [0, 0.05) is 23.6 Å². The van der Waals surface area contributed by atoms with Crippen molar-refractivity contribution in [2.24, 2.45) is 7.05 Å². The van der Waals surface area contributed by atoms with E-state index in [2.05, 4.69) is 26.3 Å². The molecule has 0 aliphatic heterocycles. The Morgan fingerprint density at radius 2 is 2.26 bits per heavy atom. The third-order valence-electron chi connectivity index (χ3n) is 2.87. The fraction of sp³-hybridized carbons (Fsp3) is 0.231. The van der Waals surface area contributed by atoms with Gasteiger partial charge in [-0.2, -0.15) is 5.10 Å². The van der Waals surface area contributed by atoms with E-state index in [0.717, 1.165) is 15.6 Å². The average Bonchev–Trinajstić information content (AvgIpc) is 2.70. The van der Waals surface area contributed by atoms with Crippen molar-refractivity contribution in [2.45, 2.75) is 13.5 Å². The van der Waals surface area contributed by atoms with Gasteiger partial charge in [0.2, 0.25) is 0 Å². The number of hydrogen-bond donors (Lipinski definition) is 2. The van der Waals surface area contributed by atoms with Crippen LogP contribution in [0.1, 0.15) is 21.5 Å². The van der Waals surface area contributed by atoms with E-state index in [1.807, 2.05) is 25.1 Å². The van der Waals surface area contributed by atoms with Crippen molar-refractivity contribution in [1.82, 2.24) is 15.1 Å². The standard InChI is InChI=1S/C13H15BrN4O/c1-8-3-4-11(14)10(5-8)13(19)16-6-9-7-17-18(2)12(9)15/h3-5,7H,6,15H2,1-2H3,(H,16,19). The van der Waals surface area contributed by atoms with Gasteiger partial charge >= 0.3 is 0 Å². The second kappa shape index (κ2) is 5.44. The Morgan fingerprint density at radius 3 is 2.89 bits per heavy atom. The van der Waals surface area contributed by atoms with E-state index in [-0.39, 0.29) is 5.91 Å². The van der Waals surface area contributed by atoms with E-state index in [4.69, 9.17) is 5.73 Å². The molecule has 1 heterocycles. The average molecular weight is 323 g/mol. The number of carbonyl (C=O) groups excluding carboxylic acids is 1. The summed E-state index contributed by atoms with van der Waals surface area (Å²) < 4.78 is 2.35. The lowest BCUT2D eigenvalue weighted by Gasteiger charge is -2.07. The molecule has 0 saturated heterocycles. The highest BCUT2D eigenvalue weighted by molar-refractivity contribution is 9.10. The summed E-state index contributed by atoms with van der Waals surface area (Å²) in [6, 6.07) is 5.65. The summed E-state index contributed by atoms with van der Waals surface area (Å²) in [5, 5.41) is 6.86. The number of nitrogens with zero attached hydrogens (tertiary/aromatic N) is 2. The number of benzene rings is 1. The molecule has 1 aromatic carbocycles. The van der Waals surface area contributed by atoms with Gasteiger partial charge in [-0.3, -0.25) is 9.48 Å². The molecule has 2 rings (SSSR count). The summed E-state index contributed by atoms with van der Waals surface area (Å²) in [5.74, 6) is 0.419. The number of nitrogen functional groups attached to an aromatic ring is 1. The van der Waals surface area contributed by atoms with Crippen molar-refractivity contribution in [3.63, 3.8) is 0 Å². The number of amides is 1. The molecule has 0 unspecified atom stereocenters. The molecule has 1 amide bonds. The van der Waals surface area contributed by atoms with Gasteiger partial charge in [-0.1, -0.05) is 11.6 Å². The zero-order valence-electron chi connectivity index (χ0n) is 10.8. The molecule has 0 saturated carbocycles. The smallest absolute Gasteiger partial charge is 0.252 e. The molecule has 0 fully saturated rings. The van der Waals surface area contributed by atoms with Crippen LogP contribution in [0.2, 0.25) is 0 Å². The van der Waals surface area contributed by atoms with Crippen molar-refractivity contribution in [2.75, 3.05) is 5.73 Å². The van der Waals surface area contributed by atoms with Gasteiger partial charge < -0.3 is 11.1 Å². The van der Waals surface area contributed by atoms with Crippen molar-refractivity contribution >= 4 is 27.7 Å². The molecule has 19 heavy (non-hydrogen) atoms. The van der Waals surface area contributed by atoms with Crippen LogP contribution in [0.5, 0.6) is 0 Å². The minimum atomic E-state index is -0.140. The highest BCUT2D eigenvalue weighted by Gasteiger charge is 2.11. The molecule has 6 heteroatoms. The summed E-state index contributed by atoms with van der Waals surface area (Å²) in [5.41, 5.74) is 8.28. The molecule has 0 aliphatic rings. The van der Waals surface area contributed by atoms with Crippen molar-refractivity contribution < 1.29 is 4.79 Å². The van der Waals surface area contributed by atoms with Crippen LogP contribution in [0.3, 0.4) is 0 Å². The number of rotatable bonds is 3. The number of nitrogens with two attached hydrogens (primary N) is 1. The van der Waals surface area contributed by atoms with Gasteiger partial charge in [0.1, 0.15) is 5.82 Å². The predicted octanol–water partition coefficient (Wildman–Crippen LogP) is 2.00. The molecular formula is C13H15BrN4O. The van der Waals surface area contributed by atoms with Crippen LogP contribution in [0, 0.1) is 6.92 Å². The second-order valence-electron chi connectivity index (χ2n) is 4.34. The van der Waals surface area contributed by atoms with Crippen molar-refractivity contribution in [1.29, 1.82) is 0 Å². The third-order valence-corrected chi connectivity index (χ3v) is 3.56. The molecule has 1 aromatic heterocycles. The largest absolute Gasteiger partial charge is 0.384 e. The number of nitrogens with one attached hydrogen (secondary N) is 1. The molecule has 0 spiro atoms. The van der Waals surface area contributed by atoms with E-state index in [0.29, 0.717) is 17.9 Å². The van der Waals surface area contributed by atoms with Crippen LogP contribution in [0.15, 0.2) is 28.9 Å². The predicted molar refractivity (Wildman–Crippen MR) is 77.7 cm³/mol. The minimum Gasteiger partial charge on any atom is -0.384 e. The van der Waals surface area contributed by atoms with Crippen LogP contribution in [0.25, 0.3) is 0 Å². The first-order valence-electron chi connectivity index (χ1n) is 5.79. The van der Waals surface area contributed by atoms with E-state index >= 15 is 0 Å². The Bertz CT molecular complexity index is 621. The normalized spacial score (nSPS) is 10.5. The maximum atomic E-state index is 12.1. The third kappa shape index (κ3) is 2.96. The molecule has 0 radical (unpaired) electrons.